The number of halogens is 2. The zero-order valence-corrected chi connectivity index (χ0v) is 16.0. The zero-order chi connectivity index (χ0) is 18.5. The fourth-order valence-electron chi connectivity index (χ4n) is 2.10. The summed E-state index contributed by atoms with van der Waals surface area (Å²) in [6.07, 6.45) is 1.42. The van der Waals surface area contributed by atoms with Gasteiger partial charge in [0.2, 0.25) is 0 Å². The molecule has 2 heterocycles. The highest BCUT2D eigenvalue weighted by Crippen LogP contribution is 2.25. The second-order valence-electron chi connectivity index (χ2n) is 5.22. The maximum absolute atomic E-state index is 12.3. The van der Waals surface area contributed by atoms with Crippen molar-refractivity contribution in [3.05, 3.63) is 68.5 Å². The van der Waals surface area contributed by atoms with Gasteiger partial charge < -0.3 is 14.8 Å². The van der Waals surface area contributed by atoms with Crippen LogP contribution < -0.4 is 14.8 Å². The van der Waals surface area contributed by atoms with Gasteiger partial charge in [-0.2, -0.15) is 0 Å². The van der Waals surface area contributed by atoms with Crippen molar-refractivity contribution in [1.82, 2.24) is 4.98 Å². The first-order valence-electron chi connectivity index (χ1n) is 7.52. The first kappa shape index (κ1) is 18.5. The summed E-state index contributed by atoms with van der Waals surface area (Å²) >= 11 is 13.1. The lowest BCUT2D eigenvalue weighted by atomic mass is 10.3. The molecule has 0 fully saturated rings. The average Bonchev–Trinajstić information content (AvgIpc) is 3.11. The van der Waals surface area contributed by atoms with Gasteiger partial charge in [-0.25, -0.2) is 4.98 Å². The molecule has 0 aliphatic rings. The number of carbonyl (C=O) groups excluding carboxylic acids is 1. The van der Waals surface area contributed by atoms with E-state index < -0.39 is 0 Å². The highest BCUT2D eigenvalue weighted by Gasteiger charge is 2.13. The second kappa shape index (κ2) is 8.40. The van der Waals surface area contributed by atoms with Crippen molar-refractivity contribution < 1.29 is 14.3 Å². The van der Waals surface area contributed by atoms with Crippen molar-refractivity contribution in [2.75, 3.05) is 12.4 Å². The molecular weight excluding hydrogens is 395 g/mol. The smallest absolute Gasteiger partial charge is 0.266 e. The van der Waals surface area contributed by atoms with Gasteiger partial charge in [-0.3, -0.25) is 4.79 Å². The monoisotopic (exact) mass is 408 g/mol. The van der Waals surface area contributed by atoms with E-state index in [0.717, 1.165) is 11.3 Å². The van der Waals surface area contributed by atoms with E-state index in [1.54, 1.807) is 19.2 Å². The summed E-state index contributed by atoms with van der Waals surface area (Å²) in [5.74, 6) is 1.39. The molecule has 3 aromatic rings. The third-order valence-corrected chi connectivity index (χ3v) is 4.84. The average molecular weight is 409 g/mol. The summed E-state index contributed by atoms with van der Waals surface area (Å²) in [7, 11) is 1.60. The van der Waals surface area contributed by atoms with Gasteiger partial charge in [-0.15, -0.1) is 11.3 Å². The van der Waals surface area contributed by atoms with Gasteiger partial charge in [0.05, 0.1) is 22.0 Å². The summed E-state index contributed by atoms with van der Waals surface area (Å²) < 4.78 is 10.9. The molecule has 0 spiro atoms. The summed E-state index contributed by atoms with van der Waals surface area (Å²) in [5, 5.41) is 5.22. The molecule has 1 aromatic carbocycles. The Morgan fingerprint density at radius 2 is 2.04 bits per heavy atom. The number of rotatable bonds is 6. The van der Waals surface area contributed by atoms with Crippen LogP contribution in [0.15, 0.2) is 48.0 Å². The topological polar surface area (TPSA) is 60.5 Å². The Morgan fingerprint density at radius 1 is 1.23 bits per heavy atom. The molecule has 2 aromatic heterocycles. The summed E-state index contributed by atoms with van der Waals surface area (Å²) in [4.78, 5) is 16.9. The highest BCUT2D eigenvalue weighted by atomic mass is 35.5. The second-order valence-corrected chi connectivity index (χ2v) is 6.98. The van der Waals surface area contributed by atoms with Crippen LogP contribution in [-0.2, 0) is 6.61 Å². The first-order valence-corrected chi connectivity index (χ1v) is 9.15. The third-order valence-electron chi connectivity index (χ3n) is 3.36. The van der Waals surface area contributed by atoms with Gasteiger partial charge in [-0.05, 0) is 29.6 Å². The molecule has 0 aliphatic carbocycles. The minimum absolute atomic E-state index is 0.267. The van der Waals surface area contributed by atoms with Crippen LogP contribution in [0, 0.1) is 0 Å². The lowest BCUT2D eigenvalue weighted by Crippen LogP contribution is -2.11. The van der Waals surface area contributed by atoms with Crippen molar-refractivity contribution in [2.45, 2.75) is 6.61 Å². The minimum atomic E-state index is -0.292. The summed E-state index contributed by atoms with van der Waals surface area (Å²) in [6, 6.07) is 10.6. The van der Waals surface area contributed by atoms with E-state index in [9.17, 15) is 4.79 Å². The Hall–Kier alpha value is -2.28. The van der Waals surface area contributed by atoms with E-state index in [-0.39, 0.29) is 16.7 Å². The van der Waals surface area contributed by atoms with Gasteiger partial charge in [-0.1, -0.05) is 29.3 Å². The van der Waals surface area contributed by atoms with Gasteiger partial charge in [0.25, 0.3) is 5.91 Å². The van der Waals surface area contributed by atoms with Gasteiger partial charge in [0.1, 0.15) is 18.1 Å². The fraction of sp³-hybridized carbons (Fsp3) is 0.111. The number of carbonyl (C=O) groups is 1. The highest BCUT2D eigenvalue weighted by molar-refractivity contribution is 7.12. The van der Waals surface area contributed by atoms with Crippen LogP contribution in [0.5, 0.6) is 11.5 Å². The van der Waals surface area contributed by atoms with Crippen molar-refractivity contribution in [1.29, 1.82) is 0 Å². The van der Waals surface area contributed by atoms with E-state index in [4.69, 9.17) is 32.7 Å². The maximum Gasteiger partial charge on any atom is 0.266 e. The molecule has 26 heavy (non-hydrogen) atoms. The third kappa shape index (κ3) is 4.66. The number of ether oxygens (including phenoxy) is 2. The van der Waals surface area contributed by atoms with Gasteiger partial charge in [0, 0.05) is 17.8 Å². The maximum atomic E-state index is 12.3. The predicted molar refractivity (Wildman–Crippen MR) is 104 cm³/mol. The first-order chi connectivity index (χ1) is 12.5. The lowest BCUT2D eigenvalue weighted by molar-refractivity contribution is 0.103. The van der Waals surface area contributed by atoms with Crippen LogP contribution in [-0.4, -0.2) is 18.0 Å². The fourth-order valence-corrected chi connectivity index (χ4v) is 3.32. The number of amides is 1. The number of anilines is 1. The van der Waals surface area contributed by atoms with Crippen molar-refractivity contribution in [3.63, 3.8) is 0 Å². The molecular formula is C18H14Cl2N2O3S. The molecule has 134 valence electrons. The molecule has 0 aliphatic heterocycles. The van der Waals surface area contributed by atoms with Crippen LogP contribution in [0.3, 0.4) is 0 Å². The number of nitrogens with one attached hydrogen (secondary N) is 1. The van der Waals surface area contributed by atoms with E-state index in [2.05, 4.69) is 10.3 Å². The molecule has 0 saturated heterocycles. The van der Waals surface area contributed by atoms with E-state index in [1.807, 2.05) is 23.6 Å². The van der Waals surface area contributed by atoms with Crippen LogP contribution in [0.2, 0.25) is 10.0 Å². The predicted octanol–water partition coefficient (Wildman–Crippen LogP) is 5.29. The Morgan fingerprint density at radius 3 is 2.81 bits per heavy atom. The number of methoxy groups -OCH3 is 1. The molecule has 5 nitrogen and oxygen atoms in total. The number of thiophene rings is 1. The number of nitrogens with zero attached hydrogens (tertiary/aromatic N) is 1. The Kier molecular flexibility index (Phi) is 5.98. The van der Waals surface area contributed by atoms with Crippen molar-refractivity contribution in [2.24, 2.45) is 0 Å². The SMILES string of the molecule is COc1cccc(OCc2csc(C(=O)Nc3ncc(Cl)cc3Cl)c2)c1. The molecule has 8 heteroatoms. The molecule has 0 radical (unpaired) electrons. The molecule has 0 saturated carbocycles. The number of aromatic nitrogens is 1. The van der Waals surface area contributed by atoms with Crippen LogP contribution >= 0.6 is 34.5 Å². The molecule has 1 N–H and O–H groups in total. The normalized spacial score (nSPS) is 10.4. The molecule has 1 amide bonds. The summed E-state index contributed by atoms with van der Waals surface area (Å²) in [5.41, 5.74) is 0.887. The van der Waals surface area contributed by atoms with Crippen LogP contribution in [0.25, 0.3) is 0 Å². The van der Waals surface area contributed by atoms with Crippen LogP contribution in [0.1, 0.15) is 15.2 Å². The van der Waals surface area contributed by atoms with Crippen molar-refractivity contribution in [3.8, 4) is 11.5 Å². The zero-order valence-electron chi connectivity index (χ0n) is 13.7. The van der Waals surface area contributed by atoms with E-state index >= 15 is 0 Å². The standard InChI is InChI=1S/C18H14Cl2N2O3S/c1-24-13-3-2-4-14(7-13)25-9-11-5-16(26-10-11)18(23)22-17-15(20)6-12(19)8-21-17/h2-8,10H,9H2,1H3,(H,21,22,23). The van der Waals surface area contributed by atoms with E-state index in [0.29, 0.717) is 22.3 Å². The molecule has 0 atom stereocenters. The van der Waals surface area contributed by atoms with Gasteiger partial charge in [0.15, 0.2) is 5.82 Å². The Balaban J connectivity index is 1.62. The minimum Gasteiger partial charge on any atom is -0.497 e. The van der Waals surface area contributed by atoms with Crippen molar-refractivity contribution >= 4 is 46.3 Å². The number of benzene rings is 1. The number of pyridine rings is 1. The molecule has 0 bridgehead atoms. The molecule has 3 rings (SSSR count). The Bertz CT molecular complexity index is 930. The summed E-state index contributed by atoms with van der Waals surface area (Å²) in [6.45, 7) is 0.344. The largest absolute Gasteiger partial charge is 0.497 e. The molecule has 0 unspecified atom stereocenters. The van der Waals surface area contributed by atoms with E-state index in [1.165, 1.54) is 23.6 Å². The number of hydrogen-bond acceptors (Lipinski definition) is 5. The lowest BCUT2D eigenvalue weighted by Gasteiger charge is -2.06. The van der Waals surface area contributed by atoms with Crippen LogP contribution in [0.4, 0.5) is 5.82 Å². The Labute approximate surface area is 164 Å². The quantitative estimate of drug-likeness (QED) is 0.601. The van der Waals surface area contributed by atoms with Gasteiger partial charge >= 0.3 is 0 Å². The number of hydrogen-bond donors (Lipinski definition) is 1.